The van der Waals surface area contributed by atoms with Crippen LogP contribution in [0.15, 0.2) is 54.9 Å². The molecule has 0 bridgehead atoms. The molecular weight excluding hydrogens is 331 g/mol. The van der Waals surface area contributed by atoms with Crippen molar-refractivity contribution >= 4 is 5.91 Å². The summed E-state index contributed by atoms with van der Waals surface area (Å²) >= 11 is 0. The van der Waals surface area contributed by atoms with Gasteiger partial charge in [-0.1, -0.05) is 36.4 Å². The summed E-state index contributed by atoms with van der Waals surface area (Å²) in [6.45, 7) is 0.380. The maximum atomic E-state index is 13.7. The van der Waals surface area contributed by atoms with E-state index in [4.69, 9.17) is 0 Å². The number of halogens is 1. The molecule has 5 nitrogen and oxygen atoms in total. The first kappa shape index (κ1) is 16.4. The Balaban J connectivity index is 1.38. The molecule has 0 atom stereocenters. The predicted octanol–water partition coefficient (Wildman–Crippen LogP) is 2.73. The fraction of sp³-hybridized carbons (Fsp3) is 0.250. The summed E-state index contributed by atoms with van der Waals surface area (Å²) in [7, 11) is 0. The number of benzene rings is 2. The molecule has 0 aliphatic heterocycles. The highest BCUT2D eigenvalue weighted by Crippen LogP contribution is 2.29. The first-order valence-electron chi connectivity index (χ1n) is 8.70. The number of aromatic nitrogens is 3. The topological polar surface area (TPSA) is 59.8 Å². The van der Waals surface area contributed by atoms with Gasteiger partial charge >= 0.3 is 0 Å². The van der Waals surface area contributed by atoms with Crippen molar-refractivity contribution < 1.29 is 9.18 Å². The van der Waals surface area contributed by atoms with Crippen molar-refractivity contribution in [3.63, 3.8) is 0 Å². The Morgan fingerprint density at radius 3 is 2.54 bits per heavy atom. The molecule has 1 aliphatic rings. The number of amides is 1. The molecule has 1 aliphatic carbocycles. The molecule has 2 aromatic carbocycles. The summed E-state index contributed by atoms with van der Waals surface area (Å²) in [6, 6.07) is 14.6. The summed E-state index contributed by atoms with van der Waals surface area (Å²) in [5.74, 6) is -0.101. The Hall–Kier alpha value is -3.02. The lowest BCUT2D eigenvalue weighted by Gasteiger charge is -2.13. The average Bonchev–Trinajstić information content (AvgIpc) is 3.28. The average molecular weight is 350 g/mol. The number of hydrogen-bond donors (Lipinski definition) is 1. The second kappa shape index (κ2) is 7.07. The normalized spacial score (nSPS) is 13.6. The number of fused-ring (bicyclic) bond motifs is 1. The van der Waals surface area contributed by atoms with Gasteiger partial charge in [0.15, 0.2) is 0 Å². The molecule has 1 heterocycles. The Kier molecular flexibility index (Phi) is 4.48. The zero-order valence-corrected chi connectivity index (χ0v) is 14.2. The molecule has 0 spiro atoms. The third-order valence-corrected chi connectivity index (χ3v) is 4.78. The van der Waals surface area contributed by atoms with Gasteiger partial charge in [0, 0.05) is 13.0 Å². The van der Waals surface area contributed by atoms with Crippen LogP contribution in [0.2, 0.25) is 0 Å². The van der Waals surface area contributed by atoms with Gasteiger partial charge in [-0.2, -0.15) is 5.10 Å². The molecular formula is C20H19FN4O. The molecule has 1 aromatic heterocycles. The van der Waals surface area contributed by atoms with E-state index in [9.17, 15) is 9.18 Å². The van der Waals surface area contributed by atoms with Gasteiger partial charge in [-0.05, 0) is 36.1 Å². The molecule has 26 heavy (non-hydrogen) atoms. The van der Waals surface area contributed by atoms with E-state index in [1.807, 2.05) is 4.68 Å². The fourth-order valence-corrected chi connectivity index (χ4v) is 3.50. The second-order valence-corrected chi connectivity index (χ2v) is 6.44. The van der Waals surface area contributed by atoms with E-state index in [1.54, 1.807) is 18.5 Å². The van der Waals surface area contributed by atoms with Crippen molar-refractivity contribution in [1.82, 2.24) is 20.1 Å². The van der Waals surface area contributed by atoms with Crippen LogP contribution < -0.4 is 5.32 Å². The van der Waals surface area contributed by atoms with Gasteiger partial charge in [-0.3, -0.25) is 4.79 Å². The maximum absolute atomic E-state index is 13.7. The van der Waals surface area contributed by atoms with Gasteiger partial charge in [0.1, 0.15) is 18.0 Å². The second-order valence-electron chi connectivity index (χ2n) is 6.44. The van der Waals surface area contributed by atoms with Gasteiger partial charge in [0.25, 0.3) is 5.91 Å². The van der Waals surface area contributed by atoms with Crippen LogP contribution >= 0.6 is 0 Å². The lowest BCUT2D eigenvalue weighted by atomic mass is 10.1. The number of nitrogens with zero attached hydrogens (tertiary/aromatic N) is 3. The summed E-state index contributed by atoms with van der Waals surface area (Å²) < 4.78 is 15.6. The Morgan fingerprint density at radius 2 is 1.81 bits per heavy atom. The highest BCUT2D eigenvalue weighted by molar-refractivity contribution is 5.94. The smallest absolute Gasteiger partial charge is 0.254 e. The Morgan fingerprint density at radius 1 is 1.12 bits per heavy atom. The minimum Gasteiger partial charge on any atom is -0.351 e. The van der Waals surface area contributed by atoms with Crippen molar-refractivity contribution in [3.8, 4) is 0 Å². The van der Waals surface area contributed by atoms with E-state index in [0.717, 1.165) is 18.7 Å². The molecule has 0 unspecified atom stereocenters. The van der Waals surface area contributed by atoms with Gasteiger partial charge in [0.2, 0.25) is 0 Å². The summed E-state index contributed by atoms with van der Waals surface area (Å²) in [4.78, 5) is 16.4. The van der Waals surface area contributed by atoms with Crippen LogP contribution in [0.4, 0.5) is 4.39 Å². The molecule has 0 saturated heterocycles. The molecule has 0 saturated carbocycles. The van der Waals surface area contributed by atoms with Gasteiger partial charge in [0.05, 0.1) is 11.6 Å². The number of hydrogen-bond acceptors (Lipinski definition) is 3. The van der Waals surface area contributed by atoms with E-state index < -0.39 is 11.7 Å². The van der Waals surface area contributed by atoms with Gasteiger partial charge in [-0.15, -0.1) is 0 Å². The number of nitrogens with one attached hydrogen (secondary N) is 1. The van der Waals surface area contributed by atoms with Crippen molar-refractivity contribution in [2.24, 2.45) is 0 Å². The van der Waals surface area contributed by atoms with Crippen LogP contribution in [0.3, 0.4) is 0 Å². The van der Waals surface area contributed by atoms with E-state index in [0.29, 0.717) is 13.0 Å². The zero-order valence-electron chi connectivity index (χ0n) is 14.2. The van der Waals surface area contributed by atoms with Crippen LogP contribution in [0.1, 0.15) is 33.4 Å². The van der Waals surface area contributed by atoms with Crippen molar-refractivity contribution in [2.45, 2.75) is 25.3 Å². The lowest BCUT2D eigenvalue weighted by Crippen LogP contribution is -2.27. The van der Waals surface area contributed by atoms with Crippen molar-refractivity contribution in [1.29, 1.82) is 0 Å². The molecule has 4 rings (SSSR count). The van der Waals surface area contributed by atoms with Crippen LogP contribution in [0, 0.1) is 5.82 Å². The number of carbonyl (C=O) groups is 1. The molecule has 1 amide bonds. The van der Waals surface area contributed by atoms with E-state index in [2.05, 4.69) is 39.7 Å². The van der Waals surface area contributed by atoms with Crippen molar-refractivity contribution in [2.75, 3.05) is 6.54 Å². The van der Waals surface area contributed by atoms with Gasteiger partial charge in [-0.25, -0.2) is 14.1 Å². The van der Waals surface area contributed by atoms with Crippen LogP contribution in [-0.4, -0.2) is 27.2 Å². The first-order valence-corrected chi connectivity index (χ1v) is 8.70. The minimum absolute atomic E-state index is 0.0557. The lowest BCUT2D eigenvalue weighted by molar-refractivity contribution is 0.0950. The third-order valence-electron chi connectivity index (χ3n) is 4.78. The SMILES string of the molecule is O=C(NCCc1ncnn1C1Cc2ccccc2C1)c1ccccc1F. The molecule has 6 heteroatoms. The Labute approximate surface area is 150 Å². The van der Waals surface area contributed by atoms with Gasteiger partial charge < -0.3 is 5.32 Å². The largest absolute Gasteiger partial charge is 0.351 e. The highest BCUT2D eigenvalue weighted by atomic mass is 19.1. The van der Waals surface area contributed by atoms with E-state index in [1.165, 1.54) is 23.3 Å². The summed E-state index contributed by atoms with van der Waals surface area (Å²) in [5, 5.41) is 7.14. The van der Waals surface area contributed by atoms with Crippen LogP contribution in [0.25, 0.3) is 0 Å². The third kappa shape index (κ3) is 3.22. The van der Waals surface area contributed by atoms with E-state index in [-0.39, 0.29) is 11.6 Å². The monoisotopic (exact) mass is 350 g/mol. The van der Waals surface area contributed by atoms with Crippen LogP contribution in [-0.2, 0) is 19.3 Å². The quantitative estimate of drug-likeness (QED) is 0.770. The molecule has 0 fully saturated rings. The van der Waals surface area contributed by atoms with Crippen molar-refractivity contribution in [3.05, 3.63) is 83.2 Å². The predicted molar refractivity (Wildman–Crippen MR) is 95.3 cm³/mol. The minimum atomic E-state index is -0.517. The number of rotatable bonds is 5. The fourth-order valence-electron chi connectivity index (χ4n) is 3.50. The highest BCUT2D eigenvalue weighted by Gasteiger charge is 2.25. The molecule has 1 N–H and O–H groups in total. The first-order chi connectivity index (χ1) is 12.7. The molecule has 0 radical (unpaired) electrons. The number of carbonyl (C=O) groups excluding carboxylic acids is 1. The van der Waals surface area contributed by atoms with Crippen LogP contribution in [0.5, 0.6) is 0 Å². The standard InChI is InChI=1S/C20H19FN4O/c21-18-8-4-3-7-17(18)20(26)22-10-9-19-23-13-24-25(19)16-11-14-5-1-2-6-15(14)12-16/h1-8,13,16H,9-12H2,(H,22,26). The molecule has 3 aromatic rings. The zero-order chi connectivity index (χ0) is 17.9. The maximum Gasteiger partial charge on any atom is 0.254 e. The van der Waals surface area contributed by atoms with E-state index >= 15 is 0 Å². The summed E-state index contributed by atoms with van der Waals surface area (Å²) in [5.41, 5.74) is 2.76. The Bertz CT molecular complexity index is 912. The summed E-state index contributed by atoms with van der Waals surface area (Å²) in [6.07, 6.45) is 3.98. The molecule has 132 valence electrons.